The van der Waals surface area contributed by atoms with Crippen LogP contribution in [0.4, 0.5) is 10.9 Å². The van der Waals surface area contributed by atoms with Gasteiger partial charge in [0, 0.05) is 13.1 Å². The third-order valence-corrected chi connectivity index (χ3v) is 3.98. The van der Waals surface area contributed by atoms with Gasteiger partial charge in [0.2, 0.25) is 0 Å². The summed E-state index contributed by atoms with van der Waals surface area (Å²) in [5.74, 6) is 1.21. The van der Waals surface area contributed by atoms with Crippen LogP contribution in [0.5, 0.6) is 0 Å². The molecule has 0 saturated carbocycles. The first kappa shape index (κ1) is 11.5. The van der Waals surface area contributed by atoms with Crippen molar-refractivity contribution in [1.29, 1.82) is 0 Å². The Kier molecular flexibility index (Phi) is 3.19. The van der Waals surface area contributed by atoms with Gasteiger partial charge < -0.3 is 15.2 Å². The summed E-state index contributed by atoms with van der Waals surface area (Å²) in [6.45, 7) is 2.02. The van der Waals surface area contributed by atoms with E-state index in [-0.39, 0.29) is 0 Å². The van der Waals surface area contributed by atoms with Gasteiger partial charge in [0.05, 0.1) is 10.6 Å². The van der Waals surface area contributed by atoms with Gasteiger partial charge in [-0.05, 0) is 29.4 Å². The van der Waals surface area contributed by atoms with Crippen molar-refractivity contribution >= 4 is 22.3 Å². The number of anilines is 2. The largest absolute Gasteiger partial charge is 0.390 e. The lowest BCUT2D eigenvalue weighted by molar-refractivity contribution is 0.429. The summed E-state index contributed by atoms with van der Waals surface area (Å²) in [6, 6.07) is 1.92. The molecule has 0 spiro atoms. The zero-order chi connectivity index (χ0) is 12.4. The standard InChI is InChI=1S/C12H16N4OS/c13-10-9(5-8-18-10)11-14-12(15-17-11)16-6-3-1-2-4-7-16/h5,8H,1-4,6-7,13H2. The molecular weight excluding hydrogens is 248 g/mol. The molecule has 2 aromatic rings. The van der Waals surface area contributed by atoms with Gasteiger partial charge in [-0.2, -0.15) is 4.98 Å². The number of hydrogen-bond acceptors (Lipinski definition) is 6. The Balaban J connectivity index is 1.82. The average molecular weight is 264 g/mol. The van der Waals surface area contributed by atoms with E-state index in [0.29, 0.717) is 11.8 Å². The summed E-state index contributed by atoms with van der Waals surface area (Å²) in [5, 5.41) is 6.72. The molecular formula is C12H16N4OS. The smallest absolute Gasteiger partial charge is 0.266 e. The predicted molar refractivity (Wildman–Crippen MR) is 72.7 cm³/mol. The Bertz CT molecular complexity index is 514. The van der Waals surface area contributed by atoms with Crippen molar-refractivity contribution in [2.45, 2.75) is 25.7 Å². The van der Waals surface area contributed by atoms with E-state index in [2.05, 4.69) is 15.0 Å². The van der Waals surface area contributed by atoms with Gasteiger partial charge in [-0.15, -0.1) is 11.3 Å². The van der Waals surface area contributed by atoms with Crippen molar-refractivity contribution in [3.8, 4) is 11.5 Å². The number of rotatable bonds is 2. The van der Waals surface area contributed by atoms with Crippen molar-refractivity contribution in [2.24, 2.45) is 0 Å². The summed E-state index contributed by atoms with van der Waals surface area (Å²) in [6.07, 6.45) is 4.98. The van der Waals surface area contributed by atoms with Crippen LogP contribution in [0.2, 0.25) is 0 Å². The highest BCUT2D eigenvalue weighted by atomic mass is 32.1. The van der Waals surface area contributed by atoms with Gasteiger partial charge in [-0.25, -0.2) is 0 Å². The first-order valence-electron chi connectivity index (χ1n) is 6.26. The summed E-state index contributed by atoms with van der Waals surface area (Å²) in [5.41, 5.74) is 6.70. The maximum atomic E-state index is 5.86. The summed E-state index contributed by atoms with van der Waals surface area (Å²) in [7, 11) is 0. The van der Waals surface area contributed by atoms with E-state index in [1.54, 1.807) is 0 Å². The van der Waals surface area contributed by atoms with Crippen LogP contribution in [0.25, 0.3) is 11.5 Å². The lowest BCUT2D eigenvalue weighted by Gasteiger charge is -2.16. The van der Waals surface area contributed by atoms with Gasteiger partial charge in [-0.1, -0.05) is 12.8 Å². The minimum Gasteiger partial charge on any atom is -0.390 e. The minimum absolute atomic E-state index is 0.521. The fraction of sp³-hybridized carbons (Fsp3) is 0.500. The molecule has 1 aliphatic rings. The Hall–Kier alpha value is -1.56. The van der Waals surface area contributed by atoms with Crippen LogP contribution in [0.15, 0.2) is 16.0 Å². The van der Waals surface area contributed by atoms with Crippen molar-refractivity contribution in [1.82, 2.24) is 10.1 Å². The molecule has 1 fully saturated rings. The second-order valence-corrected chi connectivity index (χ2v) is 5.45. The number of nitrogens with zero attached hydrogens (tertiary/aromatic N) is 3. The molecule has 3 heterocycles. The maximum Gasteiger partial charge on any atom is 0.266 e. The number of nitrogens with two attached hydrogens (primary N) is 1. The second kappa shape index (κ2) is 4.97. The van der Waals surface area contributed by atoms with Crippen LogP contribution in [-0.4, -0.2) is 23.2 Å². The van der Waals surface area contributed by atoms with E-state index < -0.39 is 0 Å². The SMILES string of the molecule is Nc1sccc1-c1nc(N2CCCCCC2)no1. The predicted octanol–water partition coefficient (Wildman–Crippen LogP) is 2.76. The zero-order valence-electron chi connectivity index (χ0n) is 10.1. The Labute approximate surface area is 110 Å². The molecule has 0 aliphatic carbocycles. The molecule has 5 nitrogen and oxygen atoms in total. The fourth-order valence-corrected chi connectivity index (χ4v) is 2.85. The normalized spacial score (nSPS) is 16.8. The number of thiophene rings is 1. The van der Waals surface area contributed by atoms with Crippen molar-refractivity contribution in [3.63, 3.8) is 0 Å². The highest BCUT2D eigenvalue weighted by molar-refractivity contribution is 7.14. The van der Waals surface area contributed by atoms with Crippen molar-refractivity contribution in [3.05, 3.63) is 11.4 Å². The Morgan fingerprint density at radius 2 is 2.00 bits per heavy atom. The molecule has 0 aromatic carbocycles. The van der Waals surface area contributed by atoms with E-state index in [4.69, 9.17) is 10.3 Å². The average Bonchev–Trinajstić information content (AvgIpc) is 2.91. The Morgan fingerprint density at radius 3 is 2.67 bits per heavy atom. The van der Waals surface area contributed by atoms with E-state index >= 15 is 0 Å². The quantitative estimate of drug-likeness (QED) is 0.903. The maximum absolute atomic E-state index is 5.86. The number of aromatic nitrogens is 2. The van der Waals surface area contributed by atoms with E-state index in [1.165, 1.54) is 37.0 Å². The lowest BCUT2D eigenvalue weighted by Crippen LogP contribution is -2.24. The molecule has 2 aromatic heterocycles. The highest BCUT2D eigenvalue weighted by Crippen LogP contribution is 2.30. The van der Waals surface area contributed by atoms with E-state index in [9.17, 15) is 0 Å². The molecule has 2 N–H and O–H groups in total. The van der Waals surface area contributed by atoms with E-state index in [0.717, 1.165) is 23.7 Å². The molecule has 6 heteroatoms. The molecule has 1 saturated heterocycles. The van der Waals surface area contributed by atoms with Crippen LogP contribution < -0.4 is 10.6 Å². The molecule has 0 amide bonds. The van der Waals surface area contributed by atoms with E-state index in [1.807, 2.05) is 11.4 Å². The highest BCUT2D eigenvalue weighted by Gasteiger charge is 2.18. The number of nitrogen functional groups attached to an aromatic ring is 1. The topological polar surface area (TPSA) is 68.2 Å². The van der Waals surface area contributed by atoms with Gasteiger partial charge >= 0.3 is 0 Å². The first-order valence-corrected chi connectivity index (χ1v) is 7.14. The Morgan fingerprint density at radius 1 is 1.22 bits per heavy atom. The third-order valence-electron chi connectivity index (χ3n) is 3.23. The van der Waals surface area contributed by atoms with Crippen LogP contribution in [-0.2, 0) is 0 Å². The van der Waals surface area contributed by atoms with Crippen molar-refractivity contribution in [2.75, 3.05) is 23.7 Å². The molecule has 0 bridgehead atoms. The van der Waals surface area contributed by atoms with Crippen molar-refractivity contribution < 1.29 is 4.52 Å². The van der Waals surface area contributed by atoms with Gasteiger partial charge in [-0.3, -0.25) is 0 Å². The lowest BCUT2D eigenvalue weighted by atomic mass is 10.2. The third kappa shape index (κ3) is 2.20. The first-order chi connectivity index (χ1) is 8.84. The van der Waals surface area contributed by atoms with Gasteiger partial charge in [0.15, 0.2) is 0 Å². The fourth-order valence-electron chi connectivity index (χ4n) is 2.22. The van der Waals surface area contributed by atoms with Crippen LogP contribution in [0.1, 0.15) is 25.7 Å². The van der Waals surface area contributed by atoms with Crippen LogP contribution in [0.3, 0.4) is 0 Å². The molecule has 0 atom stereocenters. The summed E-state index contributed by atoms with van der Waals surface area (Å²) < 4.78 is 5.31. The molecule has 1 aliphatic heterocycles. The molecule has 0 unspecified atom stereocenters. The van der Waals surface area contributed by atoms with Gasteiger partial charge in [0.25, 0.3) is 11.8 Å². The summed E-state index contributed by atoms with van der Waals surface area (Å²) in [4.78, 5) is 6.65. The minimum atomic E-state index is 0.521. The summed E-state index contributed by atoms with van der Waals surface area (Å²) >= 11 is 1.48. The molecule has 18 heavy (non-hydrogen) atoms. The monoisotopic (exact) mass is 264 g/mol. The zero-order valence-corrected chi connectivity index (χ0v) is 10.9. The molecule has 3 rings (SSSR count). The van der Waals surface area contributed by atoms with Crippen LogP contribution >= 0.6 is 11.3 Å². The number of hydrogen-bond donors (Lipinski definition) is 1. The van der Waals surface area contributed by atoms with Gasteiger partial charge in [0.1, 0.15) is 0 Å². The van der Waals surface area contributed by atoms with Crippen LogP contribution in [0, 0.1) is 0 Å². The molecule has 96 valence electrons. The molecule has 0 radical (unpaired) electrons. The second-order valence-electron chi connectivity index (χ2n) is 4.50.